The second kappa shape index (κ2) is 10.8. The van der Waals surface area contributed by atoms with E-state index in [1.807, 2.05) is 12.1 Å². The first-order valence-electron chi connectivity index (χ1n) is 10.4. The number of guanidine groups is 1. The Bertz CT molecular complexity index is 774. The molecule has 1 aliphatic rings. The predicted octanol–water partition coefficient (Wildman–Crippen LogP) is 3.62. The fourth-order valence-corrected chi connectivity index (χ4v) is 3.54. The summed E-state index contributed by atoms with van der Waals surface area (Å²) in [6.45, 7) is 7.22. The van der Waals surface area contributed by atoms with Crippen LogP contribution in [-0.4, -0.2) is 37.7 Å². The number of methoxy groups -OCH3 is 1. The molecule has 0 radical (unpaired) electrons. The van der Waals surface area contributed by atoms with Crippen LogP contribution in [0.4, 0.5) is 0 Å². The first kappa shape index (κ1) is 21.1. The molecule has 2 atom stereocenters. The fourth-order valence-electron chi connectivity index (χ4n) is 3.54. The summed E-state index contributed by atoms with van der Waals surface area (Å²) in [4.78, 5) is 8.95. The zero-order chi connectivity index (χ0) is 20.5. The van der Waals surface area contributed by atoms with Crippen molar-refractivity contribution in [2.24, 2.45) is 10.9 Å². The van der Waals surface area contributed by atoms with Gasteiger partial charge in [0.2, 0.25) is 5.88 Å². The van der Waals surface area contributed by atoms with Crippen LogP contribution >= 0.6 is 0 Å². The summed E-state index contributed by atoms with van der Waals surface area (Å²) in [5, 5.41) is 6.84. The number of rotatable bonds is 7. The number of nitrogens with one attached hydrogen (secondary N) is 2. The average molecular weight is 397 g/mol. The van der Waals surface area contributed by atoms with Gasteiger partial charge in [0.15, 0.2) is 5.96 Å². The Morgan fingerprint density at radius 3 is 2.72 bits per heavy atom. The van der Waals surface area contributed by atoms with Crippen molar-refractivity contribution in [3.63, 3.8) is 0 Å². The minimum Gasteiger partial charge on any atom is -0.481 e. The number of aryl methyl sites for hydroxylation is 1. The van der Waals surface area contributed by atoms with Crippen LogP contribution in [0.3, 0.4) is 0 Å². The van der Waals surface area contributed by atoms with Crippen molar-refractivity contribution in [3.8, 4) is 5.88 Å². The Balaban J connectivity index is 1.62. The highest BCUT2D eigenvalue weighted by Gasteiger charge is 2.27. The zero-order valence-electron chi connectivity index (χ0n) is 17.6. The number of aliphatic imine (C=N–C) groups is 1. The van der Waals surface area contributed by atoms with Gasteiger partial charge < -0.3 is 20.1 Å². The molecule has 1 saturated heterocycles. The first-order chi connectivity index (χ1) is 14.2. The molecule has 0 bridgehead atoms. The number of aromatic nitrogens is 1. The standard InChI is InChI=1S/C23H32N4O2/c1-4-24-23(26-15-18-9-12-21(28-3)25-14-18)27-16-20-6-5-13-29-22(20)19-10-7-17(2)8-11-19/h7-12,14,20,22H,4-6,13,15-16H2,1-3H3,(H2,24,26,27). The van der Waals surface area contributed by atoms with Crippen LogP contribution in [-0.2, 0) is 11.3 Å². The Kier molecular flexibility index (Phi) is 7.87. The molecule has 2 heterocycles. The van der Waals surface area contributed by atoms with Crippen molar-refractivity contribution in [3.05, 3.63) is 59.3 Å². The van der Waals surface area contributed by atoms with E-state index in [4.69, 9.17) is 14.5 Å². The van der Waals surface area contributed by atoms with Crippen LogP contribution in [0.15, 0.2) is 47.6 Å². The van der Waals surface area contributed by atoms with E-state index in [2.05, 4.69) is 53.7 Å². The van der Waals surface area contributed by atoms with E-state index in [0.717, 1.165) is 44.1 Å². The van der Waals surface area contributed by atoms with Crippen LogP contribution in [0.1, 0.15) is 42.6 Å². The monoisotopic (exact) mass is 396 g/mol. The molecule has 1 aromatic carbocycles. The quantitative estimate of drug-likeness (QED) is 0.553. The highest BCUT2D eigenvalue weighted by Crippen LogP contribution is 2.33. The van der Waals surface area contributed by atoms with Gasteiger partial charge in [0, 0.05) is 37.9 Å². The number of hydrogen-bond donors (Lipinski definition) is 2. The molecule has 1 aliphatic heterocycles. The molecule has 1 fully saturated rings. The van der Waals surface area contributed by atoms with Crippen molar-refractivity contribution in [2.45, 2.75) is 39.3 Å². The van der Waals surface area contributed by atoms with Gasteiger partial charge in [-0.05, 0) is 37.8 Å². The Morgan fingerprint density at radius 2 is 2.03 bits per heavy atom. The number of benzene rings is 1. The maximum absolute atomic E-state index is 6.14. The molecule has 2 unspecified atom stereocenters. The van der Waals surface area contributed by atoms with Gasteiger partial charge in [0.05, 0.1) is 19.8 Å². The molecule has 0 spiro atoms. The van der Waals surface area contributed by atoms with E-state index in [1.165, 1.54) is 11.1 Å². The number of hydrogen-bond acceptors (Lipinski definition) is 4. The van der Waals surface area contributed by atoms with Gasteiger partial charge in [-0.1, -0.05) is 35.9 Å². The van der Waals surface area contributed by atoms with Crippen LogP contribution in [0.5, 0.6) is 5.88 Å². The number of nitrogens with zero attached hydrogens (tertiary/aromatic N) is 2. The Morgan fingerprint density at radius 1 is 1.21 bits per heavy atom. The maximum Gasteiger partial charge on any atom is 0.212 e. The van der Waals surface area contributed by atoms with E-state index in [1.54, 1.807) is 13.3 Å². The molecule has 0 saturated carbocycles. The SMILES string of the molecule is CCNC(=NCc1ccc(OC)nc1)NCC1CCCOC1c1ccc(C)cc1. The third kappa shape index (κ3) is 6.19. The van der Waals surface area contributed by atoms with Crippen LogP contribution in [0.2, 0.25) is 0 Å². The van der Waals surface area contributed by atoms with E-state index in [-0.39, 0.29) is 6.10 Å². The first-order valence-corrected chi connectivity index (χ1v) is 10.4. The molecule has 2 aromatic rings. The topological polar surface area (TPSA) is 67.8 Å². The minimum absolute atomic E-state index is 0.130. The van der Waals surface area contributed by atoms with Crippen molar-refractivity contribution in [1.29, 1.82) is 0 Å². The van der Waals surface area contributed by atoms with Gasteiger partial charge in [0.1, 0.15) is 0 Å². The van der Waals surface area contributed by atoms with Crippen molar-refractivity contribution in [2.75, 3.05) is 26.8 Å². The maximum atomic E-state index is 6.14. The Labute approximate surface area is 173 Å². The summed E-state index contributed by atoms with van der Waals surface area (Å²) >= 11 is 0. The largest absolute Gasteiger partial charge is 0.481 e. The van der Waals surface area contributed by atoms with E-state index in [0.29, 0.717) is 18.3 Å². The lowest BCUT2D eigenvalue weighted by Crippen LogP contribution is -2.42. The minimum atomic E-state index is 0.130. The second-order valence-corrected chi connectivity index (χ2v) is 7.39. The summed E-state index contributed by atoms with van der Waals surface area (Å²) in [5.74, 6) is 1.84. The van der Waals surface area contributed by atoms with Crippen molar-refractivity contribution >= 4 is 5.96 Å². The van der Waals surface area contributed by atoms with E-state index >= 15 is 0 Å². The molecule has 6 nitrogen and oxygen atoms in total. The summed E-state index contributed by atoms with van der Waals surface area (Å²) in [6, 6.07) is 12.5. The predicted molar refractivity (Wildman–Crippen MR) is 116 cm³/mol. The zero-order valence-corrected chi connectivity index (χ0v) is 17.6. The molecule has 6 heteroatoms. The molecule has 156 valence electrons. The molecular weight excluding hydrogens is 364 g/mol. The number of pyridine rings is 1. The van der Waals surface area contributed by atoms with Gasteiger partial charge in [-0.25, -0.2) is 9.98 Å². The van der Waals surface area contributed by atoms with Gasteiger partial charge in [-0.2, -0.15) is 0 Å². The molecule has 0 amide bonds. The third-order valence-corrected chi connectivity index (χ3v) is 5.15. The molecular formula is C23H32N4O2. The van der Waals surface area contributed by atoms with Crippen LogP contribution in [0, 0.1) is 12.8 Å². The highest BCUT2D eigenvalue weighted by atomic mass is 16.5. The average Bonchev–Trinajstić information content (AvgIpc) is 2.77. The normalized spacial score (nSPS) is 19.6. The molecule has 3 rings (SSSR count). The lowest BCUT2D eigenvalue weighted by molar-refractivity contribution is -0.0265. The van der Waals surface area contributed by atoms with Crippen LogP contribution in [0.25, 0.3) is 0 Å². The summed E-state index contributed by atoms with van der Waals surface area (Å²) in [5.41, 5.74) is 3.57. The van der Waals surface area contributed by atoms with E-state index in [9.17, 15) is 0 Å². The lowest BCUT2D eigenvalue weighted by Gasteiger charge is -2.32. The smallest absolute Gasteiger partial charge is 0.212 e. The summed E-state index contributed by atoms with van der Waals surface area (Å²) in [6.07, 6.45) is 4.17. The van der Waals surface area contributed by atoms with Crippen LogP contribution < -0.4 is 15.4 Å². The number of ether oxygens (including phenoxy) is 2. The lowest BCUT2D eigenvalue weighted by atomic mass is 9.89. The third-order valence-electron chi connectivity index (χ3n) is 5.15. The van der Waals surface area contributed by atoms with Gasteiger partial charge in [0.25, 0.3) is 0 Å². The summed E-state index contributed by atoms with van der Waals surface area (Å²) < 4.78 is 11.2. The highest BCUT2D eigenvalue weighted by molar-refractivity contribution is 5.79. The van der Waals surface area contributed by atoms with E-state index < -0.39 is 0 Å². The van der Waals surface area contributed by atoms with Gasteiger partial charge in [-0.3, -0.25) is 0 Å². The molecule has 0 aliphatic carbocycles. The van der Waals surface area contributed by atoms with Gasteiger partial charge >= 0.3 is 0 Å². The fraction of sp³-hybridized carbons (Fsp3) is 0.478. The van der Waals surface area contributed by atoms with Crippen molar-refractivity contribution in [1.82, 2.24) is 15.6 Å². The molecule has 2 N–H and O–H groups in total. The van der Waals surface area contributed by atoms with Crippen molar-refractivity contribution < 1.29 is 9.47 Å². The Hall–Kier alpha value is -2.60. The second-order valence-electron chi connectivity index (χ2n) is 7.39. The van der Waals surface area contributed by atoms with Gasteiger partial charge in [-0.15, -0.1) is 0 Å². The summed E-state index contributed by atoms with van der Waals surface area (Å²) in [7, 11) is 1.62. The molecule has 29 heavy (non-hydrogen) atoms. The molecule has 1 aromatic heterocycles.